The van der Waals surface area contributed by atoms with Gasteiger partial charge in [-0.15, -0.1) is 0 Å². The van der Waals surface area contributed by atoms with E-state index >= 15 is 0 Å². The highest BCUT2D eigenvalue weighted by Crippen LogP contribution is 2.48. The van der Waals surface area contributed by atoms with Gasteiger partial charge in [0.1, 0.15) is 16.9 Å². The second-order valence-corrected chi connectivity index (χ2v) is 7.94. The smallest absolute Gasteiger partial charge is 0.355 e. The molecule has 0 aromatic heterocycles. The summed E-state index contributed by atoms with van der Waals surface area (Å²) in [6.07, 6.45) is 7.19. The number of carbonyl (C=O) groups excluding carboxylic acids is 3. The fourth-order valence-electron chi connectivity index (χ4n) is 4.50. The molecule has 0 radical (unpaired) electrons. The average Bonchev–Trinajstić information content (AvgIpc) is 2.89. The van der Waals surface area contributed by atoms with E-state index in [2.05, 4.69) is 0 Å². The van der Waals surface area contributed by atoms with Crippen LogP contribution >= 0.6 is 0 Å². The van der Waals surface area contributed by atoms with Crippen molar-refractivity contribution < 1.29 is 28.6 Å². The predicted octanol–water partition coefficient (Wildman–Crippen LogP) is 3.56. The van der Waals surface area contributed by atoms with Gasteiger partial charge < -0.3 is 19.1 Å². The number of benzene rings is 2. The lowest BCUT2D eigenvalue weighted by atomic mass is 9.80. The quantitative estimate of drug-likeness (QED) is 0.655. The third kappa shape index (κ3) is 3.29. The zero-order chi connectivity index (χ0) is 23.9. The van der Waals surface area contributed by atoms with Crippen molar-refractivity contribution in [3.63, 3.8) is 0 Å². The largest absolute Gasteiger partial charge is 0.465 e. The molecule has 34 heavy (non-hydrogen) atoms. The Morgan fingerprint density at radius 3 is 2.38 bits per heavy atom. The summed E-state index contributed by atoms with van der Waals surface area (Å²) in [5.74, 6) is -1.73. The van der Waals surface area contributed by atoms with Crippen molar-refractivity contribution >= 4 is 29.4 Å². The maximum atomic E-state index is 13.1. The number of rotatable bonds is 3. The second kappa shape index (κ2) is 8.28. The van der Waals surface area contributed by atoms with Crippen molar-refractivity contribution in [3.8, 4) is 0 Å². The van der Waals surface area contributed by atoms with E-state index in [1.54, 1.807) is 29.3 Å². The van der Waals surface area contributed by atoms with Gasteiger partial charge in [-0.05, 0) is 35.4 Å². The van der Waals surface area contributed by atoms with Gasteiger partial charge in [0.15, 0.2) is 12.0 Å². The van der Waals surface area contributed by atoms with Crippen molar-refractivity contribution in [2.24, 2.45) is 0 Å². The second-order valence-electron chi connectivity index (χ2n) is 7.94. The first-order valence-electron chi connectivity index (χ1n) is 10.7. The molecule has 2 atom stereocenters. The molecule has 0 bridgehead atoms. The summed E-state index contributed by atoms with van der Waals surface area (Å²) in [4.78, 5) is 40.6. The van der Waals surface area contributed by atoms with E-state index < -0.39 is 23.8 Å². The Hall–Kier alpha value is -4.23. The van der Waals surface area contributed by atoms with E-state index in [4.69, 9.17) is 14.2 Å². The topological polar surface area (TPSA) is 82.1 Å². The van der Waals surface area contributed by atoms with Crippen LogP contribution in [0.4, 0.5) is 0 Å². The Balaban J connectivity index is 1.81. The average molecular weight is 455 g/mol. The number of carbonyl (C=O) groups is 3. The molecule has 1 spiro atoms. The van der Waals surface area contributed by atoms with Gasteiger partial charge in [0, 0.05) is 17.3 Å². The minimum atomic E-state index is -1.55. The standard InChI is InChI=1S/C27H21NO6/c1-32-25(30)22-23(26(31)33-2)28-15-13-18-10-6-7-11-19(18)24(28)34-27(22)14-12-21(29)20(16-27)17-8-4-3-5-9-17/h3-16,24H,1-2H3/t24-,27?/m1/s1. The number of methoxy groups -OCH3 is 2. The molecule has 0 amide bonds. The van der Waals surface area contributed by atoms with Crippen LogP contribution in [0.2, 0.25) is 0 Å². The Kier molecular flexibility index (Phi) is 5.26. The Bertz CT molecular complexity index is 1320. The van der Waals surface area contributed by atoms with Crippen LogP contribution in [0.15, 0.2) is 90.3 Å². The number of nitrogens with zero attached hydrogens (tertiary/aromatic N) is 1. The molecule has 5 rings (SSSR count). The highest BCUT2D eigenvalue weighted by molar-refractivity contribution is 6.27. The zero-order valence-corrected chi connectivity index (χ0v) is 18.6. The molecular weight excluding hydrogens is 434 g/mol. The lowest BCUT2D eigenvalue weighted by Crippen LogP contribution is -2.50. The summed E-state index contributed by atoms with van der Waals surface area (Å²) in [5.41, 5.74) is 1.09. The highest BCUT2D eigenvalue weighted by Gasteiger charge is 2.52. The molecule has 2 aromatic rings. The first kappa shape index (κ1) is 21.6. The van der Waals surface area contributed by atoms with Gasteiger partial charge in [-0.3, -0.25) is 4.79 Å². The van der Waals surface area contributed by atoms with Gasteiger partial charge in [-0.1, -0.05) is 54.6 Å². The van der Waals surface area contributed by atoms with Gasteiger partial charge in [-0.25, -0.2) is 9.59 Å². The molecule has 0 saturated carbocycles. The molecular formula is C27H21NO6. The van der Waals surface area contributed by atoms with Gasteiger partial charge >= 0.3 is 11.9 Å². The van der Waals surface area contributed by atoms with E-state index in [0.717, 1.165) is 11.1 Å². The molecule has 1 aliphatic carbocycles. The van der Waals surface area contributed by atoms with Crippen LogP contribution in [0.5, 0.6) is 0 Å². The summed E-state index contributed by atoms with van der Waals surface area (Å²) in [5, 5.41) is 0. The number of fused-ring (bicyclic) bond motifs is 3. The predicted molar refractivity (Wildman–Crippen MR) is 123 cm³/mol. The van der Waals surface area contributed by atoms with Crippen LogP contribution in [-0.4, -0.2) is 42.4 Å². The third-order valence-corrected chi connectivity index (χ3v) is 6.08. The van der Waals surface area contributed by atoms with Crippen molar-refractivity contribution in [1.29, 1.82) is 0 Å². The van der Waals surface area contributed by atoms with Gasteiger partial charge in [-0.2, -0.15) is 0 Å². The number of hydrogen-bond acceptors (Lipinski definition) is 7. The third-order valence-electron chi connectivity index (χ3n) is 6.08. The van der Waals surface area contributed by atoms with Crippen LogP contribution in [0.1, 0.15) is 22.9 Å². The maximum Gasteiger partial charge on any atom is 0.355 e. The van der Waals surface area contributed by atoms with E-state index in [1.165, 1.54) is 26.4 Å². The molecule has 2 aromatic carbocycles. The molecule has 170 valence electrons. The molecule has 0 N–H and O–H groups in total. The van der Waals surface area contributed by atoms with E-state index in [0.29, 0.717) is 11.1 Å². The van der Waals surface area contributed by atoms with E-state index in [-0.39, 0.29) is 17.1 Å². The van der Waals surface area contributed by atoms with Crippen LogP contribution in [0, 0.1) is 0 Å². The summed E-state index contributed by atoms with van der Waals surface area (Å²) in [7, 11) is 2.47. The summed E-state index contributed by atoms with van der Waals surface area (Å²) < 4.78 is 16.7. The normalized spacial score (nSPS) is 22.8. The van der Waals surface area contributed by atoms with E-state index in [9.17, 15) is 14.4 Å². The SMILES string of the molecule is COC(=O)C1=C(C(=O)OC)C2(C=CC(=O)C(c3ccccc3)=C2)O[C@@H]2c3ccccc3C=CN12. The Morgan fingerprint density at radius 2 is 1.65 bits per heavy atom. The number of ketones is 1. The van der Waals surface area contributed by atoms with Crippen molar-refractivity contribution in [2.45, 2.75) is 11.8 Å². The molecule has 2 heterocycles. The monoisotopic (exact) mass is 455 g/mol. The zero-order valence-electron chi connectivity index (χ0n) is 18.6. The van der Waals surface area contributed by atoms with Gasteiger partial charge in [0.05, 0.1) is 14.2 Å². The molecule has 3 aliphatic rings. The number of ether oxygens (including phenoxy) is 3. The lowest BCUT2D eigenvalue weighted by Gasteiger charge is -2.47. The number of esters is 2. The Labute approximate surface area is 196 Å². The number of allylic oxidation sites excluding steroid dienone is 2. The van der Waals surface area contributed by atoms with Crippen molar-refractivity contribution in [1.82, 2.24) is 4.90 Å². The van der Waals surface area contributed by atoms with Crippen LogP contribution < -0.4 is 0 Å². The van der Waals surface area contributed by atoms with Crippen molar-refractivity contribution in [3.05, 3.63) is 107 Å². The van der Waals surface area contributed by atoms with Crippen molar-refractivity contribution in [2.75, 3.05) is 14.2 Å². The minimum Gasteiger partial charge on any atom is -0.465 e. The maximum absolute atomic E-state index is 13.1. The highest BCUT2D eigenvalue weighted by atomic mass is 16.6. The van der Waals surface area contributed by atoms with Crippen LogP contribution in [-0.2, 0) is 28.6 Å². The fourth-order valence-corrected chi connectivity index (χ4v) is 4.50. The van der Waals surface area contributed by atoms with E-state index in [1.807, 2.05) is 48.5 Å². The minimum absolute atomic E-state index is 0.0148. The molecule has 2 aliphatic heterocycles. The van der Waals surface area contributed by atoms with Gasteiger partial charge in [0.2, 0.25) is 0 Å². The first-order valence-corrected chi connectivity index (χ1v) is 10.7. The molecule has 1 unspecified atom stereocenters. The van der Waals surface area contributed by atoms with Crippen LogP contribution in [0.25, 0.3) is 11.6 Å². The van der Waals surface area contributed by atoms with Gasteiger partial charge in [0.25, 0.3) is 0 Å². The lowest BCUT2D eigenvalue weighted by molar-refractivity contribution is -0.153. The molecule has 7 heteroatoms. The fraction of sp³-hybridized carbons (Fsp3) is 0.148. The van der Waals surface area contributed by atoms with Crippen LogP contribution in [0.3, 0.4) is 0 Å². The molecule has 0 saturated heterocycles. The first-order chi connectivity index (χ1) is 16.5. The summed E-state index contributed by atoms with van der Waals surface area (Å²) in [6.45, 7) is 0. The molecule has 0 fully saturated rings. The Morgan fingerprint density at radius 1 is 0.941 bits per heavy atom. The summed E-state index contributed by atoms with van der Waals surface area (Å²) in [6, 6.07) is 16.7. The summed E-state index contributed by atoms with van der Waals surface area (Å²) >= 11 is 0. The number of hydrogen-bond donors (Lipinski definition) is 0. The molecule has 7 nitrogen and oxygen atoms in total.